The zero-order valence-corrected chi connectivity index (χ0v) is 17.9. The minimum absolute atomic E-state index is 0.196. The van der Waals surface area contributed by atoms with Crippen molar-refractivity contribution < 1.29 is 9.53 Å². The van der Waals surface area contributed by atoms with Crippen LogP contribution in [0.15, 0.2) is 12.1 Å². The lowest BCUT2D eigenvalue weighted by Gasteiger charge is -2.37. The maximum Gasteiger partial charge on any atom is 0.339 e. The number of esters is 1. The van der Waals surface area contributed by atoms with Crippen molar-refractivity contribution in [1.82, 2.24) is 4.90 Å². The molecular formula is C14H16I3NO2. The van der Waals surface area contributed by atoms with Crippen LogP contribution in [0, 0.1) is 10.7 Å². The lowest BCUT2D eigenvalue weighted by Crippen LogP contribution is -2.43. The molecular weight excluding hydrogens is 595 g/mol. The van der Waals surface area contributed by atoms with Gasteiger partial charge in [-0.2, -0.15) is 0 Å². The van der Waals surface area contributed by atoms with Crippen molar-refractivity contribution in [3.8, 4) is 0 Å². The summed E-state index contributed by atoms with van der Waals surface area (Å²) in [4.78, 5) is 14.7. The van der Waals surface area contributed by atoms with Crippen LogP contribution in [0.1, 0.15) is 30.1 Å². The quantitative estimate of drug-likeness (QED) is 0.287. The van der Waals surface area contributed by atoms with E-state index in [1.54, 1.807) is 0 Å². The minimum Gasteiger partial charge on any atom is -0.456 e. The smallest absolute Gasteiger partial charge is 0.339 e. The van der Waals surface area contributed by atoms with E-state index in [9.17, 15) is 4.79 Å². The molecule has 0 aliphatic carbocycles. The monoisotopic (exact) mass is 611 g/mol. The molecule has 1 fully saturated rings. The van der Waals surface area contributed by atoms with Crippen molar-refractivity contribution in [2.45, 2.75) is 25.4 Å². The van der Waals surface area contributed by atoms with Gasteiger partial charge in [-0.3, -0.25) is 0 Å². The van der Waals surface area contributed by atoms with Crippen LogP contribution in [0.3, 0.4) is 0 Å². The fraction of sp³-hybridized carbons (Fsp3) is 0.500. The third-order valence-electron chi connectivity index (χ3n) is 3.60. The molecule has 3 nitrogen and oxygen atoms in total. The van der Waals surface area contributed by atoms with Gasteiger partial charge in [-0.1, -0.05) is 0 Å². The van der Waals surface area contributed by atoms with Crippen LogP contribution >= 0.6 is 67.8 Å². The first-order valence-electron chi connectivity index (χ1n) is 6.37. The number of likely N-dealkylation sites (tertiary alicyclic amines) is 1. The van der Waals surface area contributed by atoms with E-state index in [1.807, 2.05) is 13.0 Å². The molecule has 0 aromatic heterocycles. The van der Waals surface area contributed by atoms with E-state index >= 15 is 0 Å². The molecule has 0 saturated carbocycles. The number of ether oxygens (including phenoxy) is 1. The van der Waals surface area contributed by atoms with Crippen molar-refractivity contribution in [3.63, 3.8) is 0 Å². The number of benzene rings is 1. The maximum absolute atomic E-state index is 12.5. The summed E-state index contributed by atoms with van der Waals surface area (Å²) in [5.41, 5.74) is 0.349. The molecule has 2 rings (SSSR count). The van der Waals surface area contributed by atoms with E-state index in [0.29, 0.717) is 5.56 Å². The first kappa shape index (κ1) is 17.2. The second kappa shape index (κ2) is 6.95. The highest BCUT2D eigenvalue weighted by atomic mass is 127. The second-order valence-corrected chi connectivity index (χ2v) is 8.88. The zero-order chi connectivity index (χ0) is 14.9. The number of piperidine rings is 1. The molecule has 0 atom stereocenters. The van der Waals surface area contributed by atoms with E-state index in [4.69, 9.17) is 4.74 Å². The Bertz CT molecular complexity index is 525. The van der Waals surface area contributed by atoms with Gasteiger partial charge >= 0.3 is 5.97 Å². The van der Waals surface area contributed by atoms with Crippen LogP contribution in [-0.4, -0.2) is 36.6 Å². The number of carbonyl (C=O) groups excluding carboxylic acids is 1. The summed E-state index contributed by atoms with van der Waals surface area (Å²) in [6.07, 6.45) is 1.79. The van der Waals surface area contributed by atoms with Gasteiger partial charge < -0.3 is 9.64 Å². The highest BCUT2D eigenvalue weighted by Crippen LogP contribution is 2.29. The van der Waals surface area contributed by atoms with Crippen molar-refractivity contribution in [3.05, 3.63) is 28.4 Å². The predicted molar refractivity (Wildman–Crippen MR) is 105 cm³/mol. The van der Waals surface area contributed by atoms with Crippen LogP contribution in [-0.2, 0) is 4.74 Å². The Morgan fingerprint density at radius 3 is 2.45 bits per heavy atom. The Labute approximate surface area is 160 Å². The van der Waals surface area contributed by atoms with E-state index in [-0.39, 0.29) is 11.6 Å². The molecule has 0 unspecified atom stereocenters. The lowest BCUT2D eigenvalue weighted by molar-refractivity contribution is -0.0373. The fourth-order valence-corrected chi connectivity index (χ4v) is 4.55. The lowest BCUT2D eigenvalue weighted by atomic mass is 9.93. The number of hydrogen-bond donors (Lipinski definition) is 0. The predicted octanol–water partition coefficient (Wildman–Crippen LogP) is 4.14. The van der Waals surface area contributed by atoms with Gasteiger partial charge in [-0.15, -0.1) is 0 Å². The summed E-state index contributed by atoms with van der Waals surface area (Å²) < 4.78 is 8.96. The molecule has 1 saturated heterocycles. The van der Waals surface area contributed by atoms with Gasteiger partial charge in [0, 0.05) is 23.8 Å². The van der Waals surface area contributed by atoms with Gasteiger partial charge in [0.1, 0.15) is 5.60 Å². The normalized spacial score (nSPS) is 18.9. The SMILES string of the molecule is CN1CCC(C)(OC(=O)c2cc(I)cc(I)c2I)CC1. The fourth-order valence-electron chi connectivity index (χ4n) is 2.18. The first-order chi connectivity index (χ1) is 9.31. The van der Waals surface area contributed by atoms with Gasteiger partial charge in [0.15, 0.2) is 0 Å². The molecule has 1 aliphatic heterocycles. The summed E-state index contributed by atoms with van der Waals surface area (Å²) in [6, 6.07) is 3.97. The molecule has 0 radical (unpaired) electrons. The summed E-state index contributed by atoms with van der Waals surface area (Å²) in [7, 11) is 2.10. The largest absolute Gasteiger partial charge is 0.456 e. The molecule has 1 aromatic rings. The number of nitrogens with zero attached hydrogens (tertiary/aromatic N) is 1. The standard InChI is InChI=1S/C14H16I3NO2/c1-14(3-5-18(2)6-4-14)20-13(19)10-7-9(15)8-11(16)12(10)17/h7-8H,3-6H2,1-2H3. The van der Waals surface area contributed by atoms with Crippen molar-refractivity contribution in [2.24, 2.45) is 0 Å². The van der Waals surface area contributed by atoms with E-state index in [0.717, 1.165) is 36.6 Å². The van der Waals surface area contributed by atoms with Crippen LogP contribution in [0.25, 0.3) is 0 Å². The van der Waals surface area contributed by atoms with E-state index < -0.39 is 0 Å². The van der Waals surface area contributed by atoms with Crippen LogP contribution < -0.4 is 0 Å². The summed E-state index contributed by atoms with van der Waals surface area (Å²) in [5, 5.41) is 0. The molecule has 0 bridgehead atoms. The minimum atomic E-state index is -0.334. The Hall–Kier alpha value is 0.840. The molecule has 0 amide bonds. The van der Waals surface area contributed by atoms with Gasteiger partial charge in [0.05, 0.1) is 5.56 Å². The van der Waals surface area contributed by atoms with E-state index in [1.165, 1.54) is 0 Å². The Kier molecular flexibility index (Phi) is 5.97. The molecule has 1 heterocycles. The summed E-state index contributed by atoms with van der Waals surface area (Å²) in [6.45, 7) is 4.00. The number of rotatable bonds is 2. The Morgan fingerprint density at radius 2 is 1.85 bits per heavy atom. The van der Waals surface area contributed by atoms with Gasteiger partial charge in [-0.25, -0.2) is 4.79 Å². The van der Waals surface area contributed by atoms with Gasteiger partial charge in [-0.05, 0) is 107 Å². The topological polar surface area (TPSA) is 29.5 Å². The number of hydrogen-bond acceptors (Lipinski definition) is 3. The third kappa shape index (κ3) is 4.19. The molecule has 1 aromatic carbocycles. The van der Waals surface area contributed by atoms with Gasteiger partial charge in [0.25, 0.3) is 0 Å². The molecule has 6 heteroatoms. The molecule has 1 aliphatic rings. The average molecular weight is 611 g/mol. The summed E-state index contributed by atoms with van der Waals surface area (Å²) in [5.74, 6) is -0.196. The average Bonchev–Trinajstić information content (AvgIpc) is 2.37. The summed E-state index contributed by atoms with van der Waals surface area (Å²) >= 11 is 6.71. The first-order valence-corrected chi connectivity index (χ1v) is 9.61. The van der Waals surface area contributed by atoms with Crippen LogP contribution in [0.4, 0.5) is 0 Å². The molecule has 20 heavy (non-hydrogen) atoms. The van der Waals surface area contributed by atoms with E-state index in [2.05, 4.69) is 85.8 Å². The number of carbonyl (C=O) groups is 1. The van der Waals surface area contributed by atoms with Crippen LogP contribution in [0.2, 0.25) is 0 Å². The third-order valence-corrected chi connectivity index (χ3v) is 7.26. The molecule has 0 N–H and O–H groups in total. The van der Waals surface area contributed by atoms with Crippen molar-refractivity contribution in [2.75, 3.05) is 20.1 Å². The highest BCUT2D eigenvalue weighted by molar-refractivity contribution is 14.1. The maximum atomic E-state index is 12.5. The van der Waals surface area contributed by atoms with Gasteiger partial charge in [0.2, 0.25) is 0 Å². The second-order valence-electron chi connectivity index (χ2n) is 5.39. The molecule has 110 valence electrons. The Balaban J connectivity index is 2.16. The highest BCUT2D eigenvalue weighted by Gasteiger charge is 2.33. The Morgan fingerprint density at radius 1 is 1.25 bits per heavy atom. The zero-order valence-electron chi connectivity index (χ0n) is 11.4. The molecule has 0 spiro atoms. The van der Waals surface area contributed by atoms with Crippen molar-refractivity contribution >= 4 is 73.7 Å². The van der Waals surface area contributed by atoms with Crippen LogP contribution in [0.5, 0.6) is 0 Å². The van der Waals surface area contributed by atoms with Crippen molar-refractivity contribution in [1.29, 1.82) is 0 Å². The number of halogens is 3.